The lowest BCUT2D eigenvalue weighted by molar-refractivity contribution is 0.0699. The maximum atomic E-state index is 12.6. The molecule has 1 aliphatic rings. The first-order chi connectivity index (χ1) is 12.0. The molecule has 0 bridgehead atoms. The van der Waals surface area contributed by atoms with Gasteiger partial charge in [0.1, 0.15) is 17.6 Å². The number of carbonyl (C=O) groups is 1. The van der Waals surface area contributed by atoms with Crippen molar-refractivity contribution in [2.24, 2.45) is 7.05 Å². The molecule has 1 amide bonds. The van der Waals surface area contributed by atoms with Gasteiger partial charge in [-0.15, -0.1) is 0 Å². The number of amides is 1. The molecular weight excluding hydrogens is 316 g/mol. The lowest BCUT2D eigenvalue weighted by atomic mass is 10.0. The zero-order valence-electron chi connectivity index (χ0n) is 14.8. The molecule has 130 valence electrons. The van der Waals surface area contributed by atoms with Crippen LogP contribution in [-0.4, -0.2) is 51.5 Å². The number of imidazole rings is 1. The van der Waals surface area contributed by atoms with E-state index in [-0.39, 0.29) is 11.9 Å². The van der Waals surface area contributed by atoms with E-state index < -0.39 is 0 Å². The van der Waals surface area contributed by atoms with Gasteiger partial charge in [-0.3, -0.25) is 4.79 Å². The van der Waals surface area contributed by atoms with Crippen LogP contribution in [0.3, 0.4) is 0 Å². The van der Waals surface area contributed by atoms with E-state index in [9.17, 15) is 10.1 Å². The SMILES string of the molecule is Cc1ccc(C#N)c(N2CCC(N(C)C(=O)c3cncn3C)CC2)n1. The minimum Gasteiger partial charge on any atom is -0.355 e. The number of pyridine rings is 1. The molecule has 1 fully saturated rings. The average Bonchev–Trinajstić information content (AvgIpc) is 3.06. The van der Waals surface area contributed by atoms with Gasteiger partial charge in [0.25, 0.3) is 5.91 Å². The van der Waals surface area contributed by atoms with Crippen LogP contribution in [0, 0.1) is 18.3 Å². The molecule has 2 aromatic rings. The van der Waals surface area contributed by atoms with E-state index in [1.54, 1.807) is 17.1 Å². The van der Waals surface area contributed by atoms with Gasteiger partial charge in [-0.2, -0.15) is 5.26 Å². The monoisotopic (exact) mass is 338 g/mol. The smallest absolute Gasteiger partial charge is 0.272 e. The third-order valence-electron chi connectivity index (χ3n) is 4.80. The fourth-order valence-electron chi connectivity index (χ4n) is 3.25. The van der Waals surface area contributed by atoms with Crippen molar-refractivity contribution in [3.05, 3.63) is 41.6 Å². The highest BCUT2D eigenvalue weighted by Crippen LogP contribution is 2.24. The fraction of sp³-hybridized carbons (Fsp3) is 0.444. The first-order valence-corrected chi connectivity index (χ1v) is 8.37. The number of piperidine rings is 1. The second-order valence-electron chi connectivity index (χ2n) is 6.46. The van der Waals surface area contributed by atoms with Crippen LogP contribution in [0.2, 0.25) is 0 Å². The summed E-state index contributed by atoms with van der Waals surface area (Å²) in [5.41, 5.74) is 2.10. The predicted octanol–water partition coefficient (Wildman–Crippen LogP) is 1.74. The number of rotatable bonds is 3. The summed E-state index contributed by atoms with van der Waals surface area (Å²) in [7, 11) is 3.67. The van der Waals surface area contributed by atoms with Crippen molar-refractivity contribution in [1.82, 2.24) is 19.4 Å². The Morgan fingerprint density at radius 3 is 2.68 bits per heavy atom. The van der Waals surface area contributed by atoms with Crippen molar-refractivity contribution < 1.29 is 4.79 Å². The Bertz CT molecular complexity index is 813. The molecule has 1 saturated heterocycles. The van der Waals surface area contributed by atoms with Gasteiger partial charge in [0.05, 0.1) is 18.1 Å². The van der Waals surface area contributed by atoms with Crippen LogP contribution < -0.4 is 4.90 Å². The molecule has 0 saturated carbocycles. The number of aryl methyl sites for hydroxylation is 2. The molecule has 0 N–H and O–H groups in total. The molecule has 0 unspecified atom stereocenters. The third kappa shape index (κ3) is 3.33. The quantitative estimate of drug-likeness (QED) is 0.852. The van der Waals surface area contributed by atoms with Gasteiger partial charge in [-0.1, -0.05) is 0 Å². The summed E-state index contributed by atoms with van der Waals surface area (Å²) in [5.74, 6) is 0.742. The largest absolute Gasteiger partial charge is 0.355 e. The molecule has 0 aromatic carbocycles. The Balaban J connectivity index is 1.68. The number of anilines is 1. The first-order valence-electron chi connectivity index (χ1n) is 8.37. The van der Waals surface area contributed by atoms with Crippen LogP contribution in [-0.2, 0) is 7.05 Å². The Morgan fingerprint density at radius 2 is 2.08 bits per heavy atom. The second-order valence-corrected chi connectivity index (χ2v) is 6.46. The Morgan fingerprint density at radius 1 is 1.36 bits per heavy atom. The van der Waals surface area contributed by atoms with Crippen molar-refractivity contribution in [2.45, 2.75) is 25.8 Å². The summed E-state index contributed by atoms with van der Waals surface area (Å²) in [6.45, 7) is 3.48. The Kier molecular flexibility index (Phi) is 4.70. The molecule has 0 radical (unpaired) electrons. The van der Waals surface area contributed by atoms with E-state index >= 15 is 0 Å². The molecule has 7 heteroatoms. The highest BCUT2D eigenvalue weighted by molar-refractivity contribution is 5.92. The summed E-state index contributed by atoms with van der Waals surface area (Å²) in [4.78, 5) is 25.1. The first kappa shape index (κ1) is 17.0. The fourth-order valence-corrected chi connectivity index (χ4v) is 3.25. The number of carbonyl (C=O) groups excluding carboxylic acids is 1. The van der Waals surface area contributed by atoms with Crippen molar-refractivity contribution in [3.63, 3.8) is 0 Å². The maximum Gasteiger partial charge on any atom is 0.272 e. The standard InChI is InChI=1S/C18H22N6O/c1-13-4-5-14(10-19)17(21-13)24-8-6-15(7-9-24)23(3)18(25)16-11-20-12-22(16)2/h4-5,11-12,15H,6-9H2,1-3H3. The van der Waals surface area contributed by atoms with Gasteiger partial charge in [0, 0.05) is 38.9 Å². The molecule has 25 heavy (non-hydrogen) atoms. The van der Waals surface area contributed by atoms with Gasteiger partial charge in [-0.05, 0) is 31.9 Å². The zero-order valence-corrected chi connectivity index (χ0v) is 14.8. The summed E-state index contributed by atoms with van der Waals surface area (Å²) in [5, 5.41) is 9.31. The number of hydrogen-bond acceptors (Lipinski definition) is 5. The lowest BCUT2D eigenvalue weighted by Gasteiger charge is -2.37. The number of nitrogens with zero attached hydrogens (tertiary/aromatic N) is 6. The maximum absolute atomic E-state index is 12.6. The van der Waals surface area contributed by atoms with E-state index in [0.717, 1.165) is 37.4 Å². The summed E-state index contributed by atoms with van der Waals surface area (Å²) >= 11 is 0. The molecule has 0 aliphatic carbocycles. The van der Waals surface area contributed by atoms with Crippen LogP contribution in [0.25, 0.3) is 0 Å². The number of aromatic nitrogens is 3. The van der Waals surface area contributed by atoms with Crippen molar-refractivity contribution in [3.8, 4) is 6.07 Å². The topological polar surface area (TPSA) is 78.0 Å². The van der Waals surface area contributed by atoms with Crippen LogP contribution in [0.5, 0.6) is 0 Å². The van der Waals surface area contributed by atoms with Crippen LogP contribution in [0.4, 0.5) is 5.82 Å². The van der Waals surface area contributed by atoms with Gasteiger partial charge in [0.15, 0.2) is 0 Å². The van der Waals surface area contributed by atoms with E-state index in [2.05, 4.69) is 20.9 Å². The van der Waals surface area contributed by atoms with E-state index in [4.69, 9.17) is 0 Å². The number of nitriles is 1. The highest BCUT2D eigenvalue weighted by Gasteiger charge is 2.28. The molecule has 7 nitrogen and oxygen atoms in total. The van der Waals surface area contributed by atoms with Crippen LogP contribution >= 0.6 is 0 Å². The van der Waals surface area contributed by atoms with E-state index in [0.29, 0.717) is 11.3 Å². The predicted molar refractivity (Wildman–Crippen MR) is 94.2 cm³/mol. The normalized spacial score (nSPS) is 15.0. The van der Waals surface area contributed by atoms with Crippen LogP contribution in [0.1, 0.15) is 34.6 Å². The number of hydrogen-bond donors (Lipinski definition) is 0. The minimum atomic E-state index is -0.00940. The third-order valence-corrected chi connectivity index (χ3v) is 4.80. The van der Waals surface area contributed by atoms with Gasteiger partial charge in [-0.25, -0.2) is 9.97 Å². The summed E-state index contributed by atoms with van der Waals surface area (Å²) < 4.78 is 1.74. The van der Waals surface area contributed by atoms with Crippen LogP contribution in [0.15, 0.2) is 24.7 Å². The zero-order chi connectivity index (χ0) is 18.0. The molecule has 3 heterocycles. The molecule has 3 rings (SSSR count). The van der Waals surface area contributed by atoms with Crippen molar-refractivity contribution in [1.29, 1.82) is 5.26 Å². The van der Waals surface area contributed by atoms with Crippen molar-refractivity contribution >= 4 is 11.7 Å². The Hall–Kier alpha value is -2.88. The molecule has 1 aliphatic heterocycles. The Labute approximate surface area is 147 Å². The molecule has 0 atom stereocenters. The summed E-state index contributed by atoms with van der Waals surface area (Å²) in [6, 6.07) is 6.07. The molecule has 0 spiro atoms. The van der Waals surface area contributed by atoms with Gasteiger partial charge >= 0.3 is 0 Å². The lowest BCUT2D eigenvalue weighted by Crippen LogP contribution is -2.46. The minimum absolute atomic E-state index is 0.00940. The summed E-state index contributed by atoms with van der Waals surface area (Å²) in [6.07, 6.45) is 4.93. The van der Waals surface area contributed by atoms with Gasteiger partial charge < -0.3 is 14.4 Å². The molecule has 2 aromatic heterocycles. The van der Waals surface area contributed by atoms with E-state index in [1.165, 1.54) is 0 Å². The van der Waals surface area contributed by atoms with Crippen molar-refractivity contribution in [2.75, 3.05) is 25.0 Å². The highest BCUT2D eigenvalue weighted by atomic mass is 16.2. The average molecular weight is 338 g/mol. The van der Waals surface area contributed by atoms with E-state index in [1.807, 2.05) is 38.1 Å². The second kappa shape index (κ2) is 6.93. The van der Waals surface area contributed by atoms with Gasteiger partial charge in [0.2, 0.25) is 0 Å². The molecular formula is C18H22N6O.